The molecular weight excluding hydrogens is 530 g/mol. The summed E-state index contributed by atoms with van der Waals surface area (Å²) in [6.45, 7) is 0.167. The Morgan fingerprint density at radius 2 is 1.57 bits per heavy atom. The fraction of sp³-hybridized carbons (Fsp3) is 0.0606. The van der Waals surface area contributed by atoms with Crippen LogP contribution in [0.4, 0.5) is 10.7 Å². The Labute approximate surface area is 240 Å². The largest absolute Gasteiger partial charge is 0.513 e. The monoisotopic (exact) mass is 553 g/mol. The Bertz CT molecular complexity index is 1850. The number of hydrazone groups is 1. The van der Waals surface area contributed by atoms with Crippen LogP contribution in [0, 0.1) is 11.3 Å². The summed E-state index contributed by atoms with van der Waals surface area (Å²) < 4.78 is 10.9. The van der Waals surface area contributed by atoms with Gasteiger partial charge in [0.25, 0.3) is 5.56 Å². The second-order valence-electron chi connectivity index (χ2n) is 9.45. The Morgan fingerprint density at radius 1 is 0.929 bits per heavy atom. The number of hydrogen-bond donors (Lipinski definition) is 2. The molecule has 0 fully saturated rings. The first kappa shape index (κ1) is 26.2. The number of hydrogen-bond acceptors (Lipinski definition) is 8. The Morgan fingerprint density at radius 3 is 2.24 bits per heavy atom. The van der Waals surface area contributed by atoms with Gasteiger partial charge in [0.15, 0.2) is 0 Å². The lowest BCUT2D eigenvalue weighted by atomic mass is 9.98. The number of nitrogens with one attached hydrogen (secondary N) is 2. The number of anilines is 1. The number of rotatable bonds is 7. The minimum absolute atomic E-state index is 0.0552. The normalized spacial score (nSPS) is 11.9. The summed E-state index contributed by atoms with van der Waals surface area (Å²) in [5.41, 5.74) is 8.18. The van der Waals surface area contributed by atoms with Crippen LogP contribution in [-0.2, 0) is 4.74 Å². The smallest absolute Gasteiger partial charge is 0.433 e. The van der Waals surface area contributed by atoms with Crippen LogP contribution in [0.25, 0.3) is 22.4 Å². The fourth-order valence-electron chi connectivity index (χ4n) is 4.94. The lowest BCUT2D eigenvalue weighted by molar-refractivity contribution is 0.0965. The van der Waals surface area contributed by atoms with Crippen molar-refractivity contribution in [2.24, 2.45) is 5.10 Å². The molecule has 0 aliphatic heterocycles. The van der Waals surface area contributed by atoms with Crippen molar-refractivity contribution in [1.82, 2.24) is 9.97 Å². The van der Waals surface area contributed by atoms with Crippen molar-refractivity contribution in [2.75, 3.05) is 12.0 Å². The molecule has 0 atom stereocenters. The van der Waals surface area contributed by atoms with Gasteiger partial charge in [0.2, 0.25) is 5.95 Å². The lowest BCUT2D eigenvalue weighted by Gasteiger charge is -2.14. The van der Waals surface area contributed by atoms with E-state index < -0.39 is 11.7 Å². The number of benzene rings is 4. The molecule has 1 heterocycles. The first-order valence-electron chi connectivity index (χ1n) is 13.1. The van der Waals surface area contributed by atoms with Gasteiger partial charge >= 0.3 is 6.16 Å². The maximum atomic E-state index is 12.5. The average molecular weight is 554 g/mol. The van der Waals surface area contributed by atoms with Crippen molar-refractivity contribution < 1.29 is 14.3 Å². The van der Waals surface area contributed by atoms with Gasteiger partial charge in [0, 0.05) is 11.5 Å². The molecule has 6 rings (SSSR count). The maximum absolute atomic E-state index is 12.5. The summed E-state index contributed by atoms with van der Waals surface area (Å²) in [5, 5.41) is 13.5. The molecule has 0 saturated heterocycles. The van der Waals surface area contributed by atoms with E-state index in [2.05, 4.69) is 44.8 Å². The van der Waals surface area contributed by atoms with Crippen LogP contribution in [0.1, 0.15) is 28.2 Å². The van der Waals surface area contributed by atoms with Crippen molar-refractivity contribution in [3.63, 3.8) is 0 Å². The molecule has 9 nitrogen and oxygen atoms in total. The molecule has 9 heteroatoms. The van der Waals surface area contributed by atoms with Gasteiger partial charge in [-0.05, 0) is 52.1 Å². The predicted octanol–water partition coefficient (Wildman–Crippen LogP) is 6.08. The van der Waals surface area contributed by atoms with E-state index in [1.165, 1.54) is 6.21 Å². The van der Waals surface area contributed by atoms with E-state index in [0.29, 0.717) is 16.9 Å². The third-order valence-electron chi connectivity index (χ3n) is 6.87. The third-order valence-corrected chi connectivity index (χ3v) is 6.87. The Kier molecular flexibility index (Phi) is 7.25. The number of ether oxygens (including phenoxy) is 2. The molecule has 5 aromatic rings. The fourth-order valence-corrected chi connectivity index (χ4v) is 4.94. The van der Waals surface area contributed by atoms with Crippen LogP contribution in [0.5, 0.6) is 5.75 Å². The molecule has 1 aliphatic carbocycles. The van der Waals surface area contributed by atoms with Gasteiger partial charge in [0.1, 0.15) is 24.0 Å². The minimum atomic E-state index is -0.787. The molecule has 0 saturated carbocycles. The van der Waals surface area contributed by atoms with Gasteiger partial charge in [-0.15, -0.1) is 0 Å². The Hall–Kier alpha value is -6.01. The van der Waals surface area contributed by atoms with Crippen LogP contribution in [0.3, 0.4) is 0 Å². The number of carbonyl (C=O) groups excluding carboxylic acids is 1. The number of nitriles is 1. The minimum Gasteiger partial charge on any atom is -0.433 e. The molecule has 1 aromatic heterocycles. The SMILES string of the molecule is N#Cc1c(-c2ccccc2)nc(NN=Cc2ccc(OC(=O)OCC3c4ccccc4-c4ccccc43)cc2)[nH]c1=O. The molecule has 4 aromatic carbocycles. The van der Waals surface area contributed by atoms with E-state index >= 15 is 0 Å². The van der Waals surface area contributed by atoms with E-state index in [4.69, 9.17) is 9.47 Å². The topological polar surface area (TPSA) is 129 Å². The third kappa shape index (κ3) is 5.37. The van der Waals surface area contributed by atoms with Gasteiger partial charge in [0.05, 0.1) is 11.9 Å². The van der Waals surface area contributed by atoms with Gasteiger partial charge in [-0.3, -0.25) is 9.78 Å². The van der Waals surface area contributed by atoms with E-state index in [1.807, 2.05) is 36.4 Å². The molecule has 0 unspecified atom stereocenters. The van der Waals surface area contributed by atoms with Crippen molar-refractivity contribution in [2.45, 2.75) is 5.92 Å². The maximum Gasteiger partial charge on any atom is 0.513 e. The highest BCUT2D eigenvalue weighted by molar-refractivity contribution is 5.81. The van der Waals surface area contributed by atoms with Crippen molar-refractivity contribution in [1.29, 1.82) is 5.26 Å². The summed E-state index contributed by atoms with van der Waals surface area (Å²) in [6.07, 6.45) is 0.724. The van der Waals surface area contributed by atoms with Crippen molar-refractivity contribution in [3.05, 3.63) is 136 Å². The number of carbonyl (C=O) groups is 1. The van der Waals surface area contributed by atoms with Gasteiger partial charge in [-0.25, -0.2) is 15.2 Å². The zero-order valence-corrected chi connectivity index (χ0v) is 22.2. The highest BCUT2D eigenvalue weighted by atomic mass is 16.7. The molecule has 0 radical (unpaired) electrons. The number of aromatic amines is 1. The first-order chi connectivity index (χ1) is 20.6. The highest BCUT2D eigenvalue weighted by Gasteiger charge is 2.29. The predicted molar refractivity (Wildman–Crippen MR) is 158 cm³/mol. The van der Waals surface area contributed by atoms with Crippen LogP contribution in [0.2, 0.25) is 0 Å². The molecule has 0 bridgehead atoms. The Balaban J connectivity index is 1.07. The van der Waals surface area contributed by atoms with Crippen LogP contribution >= 0.6 is 0 Å². The molecular formula is C33H23N5O4. The second kappa shape index (κ2) is 11.6. The molecule has 42 heavy (non-hydrogen) atoms. The van der Waals surface area contributed by atoms with Crippen LogP contribution < -0.4 is 15.7 Å². The number of nitrogens with zero attached hydrogens (tertiary/aromatic N) is 3. The van der Waals surface area contributed by atoms with Crippen molar-refractivity contribution in [3.8, 4) is 34.2 Å². The van der Waals surface area contributed by atoms with Gasteiger partial charge < -0.3 is 9.47 Å². The number of fused-ring (bicyclic) bond motifs is 3. The average Bonchev–Trinajstić information content (AvgIpc) is 3.34. The summed E-state index contributed by atoms with van der Waals surface area (Å²) in [5.74, 6) is 0.354. The number of aromatic nitrogens is 2. The van der Waals surface area contributed by atoms with Gasteiger partial charge in [-0.2, -0.15) is 10.4 Å². The molecule has 2 N–H and O–H groups in total. The second-order valence-corrected chi connectivity index (χ2v) is 9.45. The number of H-pyrrole nitrogens is 1. The lowest BCUT2D eigenvalue weighted by Crippen LogP contribution is -2.16. The quantitative estimate of drug-likeness (QED) is 0.108. The van der Waals surface area contributed by atoms with Crippen LogP contribution in [-0.4, -0.2) is 28.9 Å². The molecule has 0 spiro atoms. The highest BCUT2D eigenvalue weighted by Crippen LogP contribution is 2.44. The van der Waals surface area contributed by atoms with E-state index in [9.17, 15) is 14.9 Å². The summed E-state index contributed by atoms with van der Waals surface area (Å²) in [7, 11) is 0. The van der Waals surface area contributed by atoms with Crippen LogP contribution in [0.15, 0.2) is 113 Å². The standard InChI is InChI=1S/C33H23N5O4/c34-18-28-30(22-8-2-1-3-9-22)36-32(37-31(28)39)38-35-19-21-14-16-23(17-15-21)42-33(40)41-20-29-26-12-6-4-10-24(26)25-11-5-7-13-27(25)29/h1-17,19,29H,20H2,(H2,36,37,38,39). The summed E-state index contributed by atoms with van der Waals surface area (Å²) in [4.78, 5) is 31.7. The first-order valence-corrected chi connectivity index (χ1v) is 13.1. The van der Waals surface area contributed by atoms with E-state index in [0.717, 1.165) is 22.3 Å². The molecule has 204 valence electrons. The van der Waals surface area contributed by atoms with Crippen molar-refractivity contribution >= 4 is 18.3 Å². The van der Waals surface area contributed by atoms with E-state index in [-0.39, 0.29) is 29.7 Å². The molecule has 1 aliphatic rings. The summed E-state index contributed by atoms with van der Waals surface area (Å²) >= 11 is 0. The summed E-state index contributed by atoms with van der Waals surface area (Å²) in [6, 6.07) is 33.8. The van der Waals surface area contributed by atoms with E-state index in [1.54, 1.807) is 48.5 Å². The molecule has 0 amide bonds. The zero-order valence-electron chi connectivity index (χ0n) is 22.2. The zero-order chi connectivity index (χ0) is 28.9. The van der Waals surface area contributed by atoms with Gasteiger partial charge in [-0.1, -0.05) is 78.9 Å².